The van der Waals surface area contributed by atoms with Gasteiger partial charge in [0.15, 0.2) is 5.78 Å². The third-order valence-electron chi connectivity index (χ3n) is 5.20. The predicted octanol–water partition coefficient (Wildman–Crippen LogP) is 4.40. The average Bonchev–Trinajstić information content (AvgIpc) is 2.61. The van der Waals surface area contributed by atoms with Gasteiger partial charge in [-0.2, -0.15) is 0 Å². The zero-order valence-electron chi connectivity index (χ0n) is 13.3. The van der Waals surface area contributed by atoms with Crippen LogP contribution in [-0.2, 0) is 11.2 Å². The molecule has 0 heterocycles. The number of ether oxygens (including phenoxy) is 1. The molecular weight excluding hydrogens is 284 g/mol. The number of methoxy groups -OCH3 is 1. The summed E-state index contributed by atoms with van der Waals surface area (Å²) in [7, 11) is 1.70. The normalized spacial score (nSPS) is 22.8. The van der Waals surface area contributed by atoms with Gasteiger partial charge in [-0.25, -0.2) is 0 Å². The number of allylic oxidation sites excluding steroid dienone is 2. The van der Waals surface area contributed by atoms with Crippen molar-refractivity contribution in [2.24, 2.45) is 5.92 Å². The van der Waals surface area contributed by atoms with Gasteiger partial charge < -0.3 is 4.74 Å². The first-order valence-corrected chi connectivity index (χ1v) is 8.23. The summed E-state index contributed by atoms with van der Waals surface area (Å²) in [5.41, 5.74) is 5.04. The number of carbonyl (C=O) groups excluding carboxylic acids is 1. The van der Waals surface area contributed by atoms with Crippen LogP contribution in [0.2, 0.25) is 0 Å². The van der Waals surface area contributed by atoms with Crippen LogP contribution >= 0.6 is 0 Å². The van der Waals surface area contributed by atoms with E-state index in [1.807, 2.05) is 18.2 Å². The lowest BCUT2D eigenvalue weighted by atomic mass is 9.67. The molecule has 2 heteroatoms. The average molecular weight is 304 g/mol. The van der Waals surface area contributed by atoms with Crippen molar-refractivity contribution in [1.82, 2.24) is 0 Å². The molecule has 2 aliphatic rings. The Bertz CT molecular complexity index is 774. The van der Waals surface area contributed by atoms with E-state index < -0.39 is 0 Å². The summed E-state index contributed by atoms with van der Waals surface area (Å²) in [6, 6.07) is 16.7. The Morgan fingerprint density at radius 1 is 1.04 bits per heavy atom. The molecule has 0 radical (unpaired) electrons. The van der Waals surface area contributed by atoms with Crippen LogP contribution < -0.4 is 4.74 Å². The predicted molar refractivity (Wildman–Crippen MR) is 91.6 cm³/mol. The van der Waals surface area contributed by atoms with Crippen molar-refractivity contribution in [3.63, 3.8) is 0 Å². The standard InChI is InChI=1S/C21H20O2/c1-23-17-8-10-18-15(11-17)7-9-19-20(12-16(22)13-21(18)19)14-5-3-2-4-6-14/h2-6,8,10-11,13,19-20H,7,9,12H2,1H3. The summed E-state index contributed by atoms with van der Waals surface area (Å²) in [5, 5.41) is 0. The minimum Gasteiger partial charge on any atom is -0.497 e. The number of hydrogen-bond acceptors (Lipinski definition) is 2. The highest BCUT2D eigenvalue weighted by molar-refractivity contribution is 6.00. The Morgan fingerprint density at radius 2 is 1.87 bits per heavy atom. The van der Waals surface area contributed by atoms with E-state index >= 15 is 0 Å². The monoisotopic (exact) mass is 304 g/mol. The van der Waals surface area contributed by atoms with Gasteiger partial charge in [-0.05, 0) is 65.1 Å². The molecule has 2 nitrogen and oxygen atoms in total. The molecule has 0 aromatic heterocycles. The molecule has 2 aromatic carbocycles. The smallest absolute Gasteiger partial charge is 0.156 e. The quantitative estimate of drug-likeness (QED) is 0.822. The van der Waals surface area contributed by atoms with E-state index in [1.54, 1.807) is 7.11 Å². The summed E-state index contributed by atoms with van der Waals surface area (Å²) >= 11 is 0. The molecule has 0 N–H and O–H groups in total. The number of benzene rings is 2. The molecule has 0 spiro atoms. The van der Waals surface area contributed by atoms with Gasteiger partial charge in [-0.1, -0.05) is 36.4 Å². The fourth-order valence-corrected chi connectivity index (χ4v) is 4.10. The van der Waals surface area contributed by atoms with Crippen molar-refractivity contribution in [1.29, 1.82) is 0 Å². The van der Waals surface area contributed by atoms with Crippen LogP contribution in [0.1, 0.15) is 35.4 Å². The topological polar surface area (TPSA) is 26.3 Å². The lowest BCUT2D eigenvalue weighted by Gasteiger charge is -2.37. The van der Waals surface area contributed by atoms with Crippen molar-refractivity contribution in [3.05, 3.63) is 71.3 Å². The maximum atomic E-state index is 12.3. The molecular formula is C21H20O2. The van der Waals surface area contributed by atoms with Crippen LogP contribution in [0, 0.1) is 5.92 Å². The Morgan fingerprint density at radius 3 is 2.65 bits per heavy atom. The molecule has 0 saturated carbocycles. The fraction of sp³-hybridized carbons (Fsp3) is 0.286. The second-order valence-corrected chi connectivity index (χ2v) is 6.46. The summed E-state index contributed by atoms with van der Waals surface area (Å²) in [6.45, 7) is 0. The van der Waals surface area contributed by atoms with Crippen molar-refractivity contribution in [3.8, 4) is 5.75 Å². The molecule has 0 saturated heterocycles. The maximum absolute atomic E-state index is 12.3. The van der Waals surface area contributed by atoms with Crippen LogP contribution in [0.25, 0.3) is 5.57 Å². The van der Waals surface area contributed by atoms with E-state index in [2.05, 4.69) is 36.4 Å². The van der Waals surface area contributed by atoms with Gasteiger partial charge in [0.05, 0.1) is 7.11 Å². The molecule has 2 unspecified atom stereocenters. The summed E-state index contributed by atoms with van der Waals surface area (Å²) in [4.78, 5) is 12.3. The Labute approximate surface area is 136 Å². The Balaban J connectivity index is 1.77. The first-order valence-electron chi connectivity index (χ1n) is 8.23. The van der Waals surface area contributed by atoms with Crippen LogP contribution in [-0.4, -0.2) is 12.9 Å². The van der Waals surface area contributed by atoms with Gasteiger partial charge in [0, 0.05) is 6.42 Å². The highest BCUT2D eigenvalue weighted by Gasteiger charge is 2.36. The van der Waals surface area contributed by atoms with Crippen molar-refractivity contribution >= 4 is 11.4 Å². The maximum Gasteiger partial charge on any atom is 0.156 e. The van der Waals surface area contributed by atoms with E-state index in [1.165, 1.54) is 22.3 Å². The molecule has 116 valence electrons. The highest BCUT2D eigenvalue weighted by Crippen LogP contribution is 2.47. The lowest BCUT2D eigenvalue weighted by Crippen LogP contribution is -2.26. The molecule has 2 aromatic rings. The van der Waals surface area contributed by atoms with Gasteiger partial charge in [0.25, 0.3) is 0 Å². The first-order chi connectivity index (χ1) is 11.3. The summed E-state index contributed by atoms with van der Waals surface area (Å²) in [5.74, 6) is 1.88. The number of rotatable bonds is 2. The van der Waals surface area contributed by atoms with E-state index in [0.29, 0.717) is 18.3 Å². The third kappa shape index (κ3) is 2.48. The molecule has 4 rings (SSSR count). The van der Waals surface area contributed by atoms with Gasteiger partial charge in [-0.3, -0.25) is 4.79 Å². The molecule has 0 amide bonds. The van der Waals surface area contributed by atoms with Gasteiger partial charge in [0.1, 0.15) is 5.75 Å². The number of hydrogen-bond donors (Lipinski definition) is 0. The van der Waals surface area contributed by atoms with Crippen molar-refractivity contribution < 1.29 is 9.53 Å². The number of aryl methyl sites for hydroxylation is 1. The van der Waals surface area contributed by atoms with Crippen LogP contribution in [0.4, 0.5) is 0 Å². The van der Waals surface area contributed by atoms with Crippen molar-refractivity contribution in [2.45, 2.75) is 25.2 Å². The SMILES string of the molecule is COc1ccc2c(c1)CCC1C2=CC(=O)CC1c1ccccc1. The van der Waals surface area contributed by atoms with Crippen LogP contribution in [0.3, 0.4) is 0 Å². The molecule has 0 bridgehead atoms. The number of carbonyl (C=O) groups is 1. The molecule has 23 heavy (non-hydrogen) atoms. The Kier molecular flexibility index (Phi) is 3.53. The van der Waals surface area contributed by atoms with Gasteiger partial charge in [-0.15, -0.1) is 0 Å². The first kappa shape index (κ1) is 14.3. The van der Waals surface area contributed by atoms with E-state index in [0.717, 1.165) is 18.6 Å². The zero-order chi connectivity index (χ0) is 15.8. The van der Waals surface area contributed by atoms with E-state index in [-0.39, 0.29) is 5.78 Å². The molecule has 2 atom stereocenters. The third-order valence-corrected chi connectivity index (χ3v) is 5.20. The van der Waals surface area contributed by atoms with Crippen molar-refractivity contribution in [2.75, 3.05) is 7.11 Å². The zero-order valence-corrected chi connectivity index (χ0v) is 13.3. The minimum atomic E-state index is 0.244. The fourth-order valence-electron chi connectivity index (χ4n) is 4.10. The number of fused-ring (bicyclic) bond motifs is 3. The largest absolute Gasteiger partial charge is 0.497 e. The summed E-state index contributed by atoms with van der Waals surface area (Å²) < 4.78 is 5.34. The van der Waals surface area contributed by atoms with Crippen LogP contribution in [0.15, 0.2) is 54.6 Å². The molecule has 0 aliphatic heterocycles. The second kappa shape index (κ2) is 5.69. The number of ketones is 1. The van der Waals surface area contributed by atoms with Gasteiger partial charge >= 0.3 is 0 Å². The van der Waals surface area contributed by atoms with E-state index in [4.69, 9.17) is 4.74 Å². The second-order valence-electron chi connectivity index (χ2n) is 6.46. The minimum absolute atomic E-state index is 0.244. The molecule has 2 aliphatic carbocycles. The Hall–Kier alpha value is -2.35. The lowest BCUT2D eigenvalue weighted by molar-refractivity contribution is -0.115. The highest BCUT2D eigenvalue weighted by atomic mass is 16.5. The van der Waals surface area contributed by atoms with Gasteiger partial charge in [0.2, 0.25) is 0 Å². The van der Waals surface area contributed by atoms with E-state index in [9.17, 15) is 4.79 Å². The summed E-state index contributed by atoms with van der Waals surface area (Å²) in [6.07, 6.45) is 4.66. The van der Waals surface area contributed by atoms with Crippen LogP contribution in [0.5, 0.6) is 5.75 Å². The molecule has 0 fully saturated rings.